The number of rotatable bonds is 5. The Morgan fingerprint density at radius 2 is 1.80 bits per heavy atom. The minimum absolute atomic E-state index is 0.0834. The second-order valence-electron chi connectivity index (χ2n) is 6.56. The van der Waals surface area contributed by atoms with Crippen LogP contribution in [0.25, 0.3) is 21.9 Å². The first-order valence-electron chi connectivity index (χ1n) is 8.68. The largest absolute Gasteiger partial charge is 0.455 e. The van der Waals surface area contributed by atoms with Crippen molar-refractivity contribution >= 4 is 39.2 Å². The summed E-state index contributed by atoms with van der Waals surface area (Å²) in [5.41, 5.74) is 1.63. The number of nitrogens with zero attached hydrogens (tertiary/aromatic N) is 4. The monoisotopic (exact) mass is 441 g/mol. The molecular formula is C19H13ClF5N5. The topological polar surface area (TPSA) is 55.6 Å². The quantitative estimate of drug-likeness (QED) is 0.331. The van der Waals surface area contributed by atoms with Gasteiger partial charge in [-0.3, -0.25) is 4.98 Å². The second kappa shape index (κ2) is 7.35. The van der Waals surface area contributed by atoms with Gasteiger partial charge in [0.15, 0.2) is 5.15 Å². The van der Waals surface area contributed by atoms with E-state index in [1.54, 1.807) is 24.4 Å². The lowest BCUT2D eigenvalue weighted by molar-refractivity contribution is -0.286. The van der Waals surface area contributed by atoms with Crippen LogP contribution in [0.4, 0.5) is 27.6 Å². The highest BCUT2D eigenvalue weighted by Crippen LogP contribution is 2.40. The molecule has 30 heavy (non-hydrogen) atoms. The van der Waals surface area contributed by atoms with Gasteiger partial charge in [0.05, 0.1) is 24.3 Å². The van der Waals surface area contributed by atoms with E-state index in [1.165, 1.54) is 6.07 Å². The molecule has 1 aromatic carbocycles. The van der Waals surface area contributed by atoms with E-state index >= 15 is 0 Å². The Morgan fingerprint density at radius 1 is 1.00 bits per heavy atom. The molecule has 0 bridgehead atoms. The number of benzene rings is 1. The van der Waals surface area contributed by atoms with Gasteiger partial charge >= 0.3 is 12.1 Å². The Balaban J connectivity index is 1.79. The molecule has 0 unspecified atom stereocenters. The first-order valence-corrected chi connectivity index (χ1v) is 9.06. The Morgan fingerprint density at radius 3 is 2.50 bits per heavy atom. The summed E-state index contributed by atoms with van der Waals surface area (Å²) >= 11 is 6.04. The van der Waals surface area contributed by atoms with Crippen molar-refractivity contribution in [1.82, 2.24) is 19.5 Å². The smallest absolute Gasteiger partial charge is 0.379 e. The lowest BCUT2D eigenvalue weighted by Gasteiger charge is -2.21. The lowest BCUT2D eigenvalue weighted by Crippen LogP contribution is -2.40. The molecule has 3 heterocycles. The lowest BCUT2D eigenvalue weighted by atomic mass is 10.2. The number of halogens is 6. The number of aromatic nitrogens is 4. The van der Waals surface area contributed by atoms with E-state index in [0.717, 1.165) is 16.6 Å². The summed E-state index contributed by atoms with van der Waals surface area (Å²) in [5, 5.41) is 3.30. The Bertz CT molecular complexity index is 1210. The normalized spacial score (nSPS) is 12.6. The van der Waals surface area contributed by atoms with Crippen molar-refractivity contribution in [2.45, 2.75) is 25.2 Å². The predicted molar refractivity (Wildman–Crippen MR) is 103 cm³/mol. The summed E-state index contributed by atoms with van der Waals surface area (Å²) in [4.78, 5) is 12.0. The van der Waals surface area contributed by atoms with Gasteiger partial charge < -0.3 is 9.88 Å². The van der Waals surface area contributed by atoms with Gasteiger partial charge in [-0.05, 0) is 30.3 Å². The first kappa shape index (κ1) is 20.3. The number of hydrogen-bond donors (Lipinski definition) is 1. The van der Waals surface area contributed by atoms with E-state index in [4.69, 9.17) is 11.6 Å². The van der Waals surface area contributed by atoms with Crippen molar-refractivity contribution in [3.8, 4) is 0 Å². The number of alkyl halides is 5. The third-order valence-corrected chi connectivity index (χ3v) is 4.84. The van der Waals surface area contributed by atoms with Gasteiger partial charge in [0, 0.05) is 17.3 Å². The molecule has 0 atom stereocenters. The Kier molecular flexibility index (Phi) is 4.97. The number of fused-ring (bicyclic) bond motifs is 3. The number of pyridine rings is 1. The van der Waals surface area contributed by atoms with Crippen molar-refractivity contribution in [3.63, 3.8) is 0 Å². The average molecular weight is 442 g/mol. The zero-order chi connectivity index (χ0) is 21.5. The standard InChI is InChI=1S/C19H13ClF5N5/c20-17-16-15(28-10-29-17)13-7-11(27-8-12-3-1-2-6-26-12)4-5-14(13)30(16)9-18(21,22)19(23,24)25/h1-7,10,27H,8-9H2. The summed E-state index contributed by atoms with van der Waals surface area (Å²) < 4.78 is 66.9. The second-order valence-corrected chi connectivity index (χ2v) is 6.91. The Hall–Kier alpha value is -3.01. The van der Waals surface area contributed by atoms with Crippen LogP contribution in [0.15, 0.2) is 48.9 Å². The average Bonchev–Trinajstić information content (AvgIpc) is 3.00. The molecule has 5 nitrogen and oxygen atoms in total. The van der Waals surface area contributed by atoms with Gasteiger partial charge in [0.25, 0.3) is 0 Å². The molecule has 0 saturated carbocycles. The zero-order valence-electron chi connectivity index (χ0n) is 15.1. The summed E-state index contributed by atoms with van der Waals surface area (Å²) in [5.74, 6) is -4.96. The molecule has 11 heteroatoms. The zero-order valence-corrected chi connectivity index (χ0v) is 15.8. The van der Waals surface area contributed by atoms with Crippen LogP contribution >= 0.6 is 11.6 Å². The van der Waals surface area contributed by atoms with Crippen molar-refractivity contribution in [2.75, 3.05) is 5.32 Å². The Labute approximate surface area is 171 Å². The maximum atomic E-state index is 13.8. The van der Waals surface area contributed by atoms with E-state index in [-0.39, 0.29) is 21.7 Å². The number of anilines is 1. The van der Waals surface area contributed by atoms with E-state index < -0.39 is 18.6 Å². The highest BCUT2D eigenvalue weighted by molar-refractivity contribution is 6.34. The van der Waals surface area contributed by atoms with Crippen molar-refractivity contribution in [2.24, 2.45) is 0 Å². The van der Waals surface area contributed by atoms with Crippen LogP contribution in [0.2, 0.25) is 5.15 Å². The SMILES string of the molecule is FC(F)(F)C(F)(F)Cn1c2ccc(NCc3ccccn3)cc2c2ncnc(Cl)c21. The molecule has 4 aromatic rings. The first-order chi connectivity index (χ1) is 14.2. The molecule has 0 amide bonds. The summed E-state index contributed by atoms with van der Waals surface area (Å²) in [6.07, 6.45) is -2.93. The van der Waals surface area contributed by atoms with Gasteiger partial charge in [-0.25, -0.2) is 9.97 Å². The third kappa shape index (κ3) is 3.62. The van der Waals surface area contributed by atoms with Crippen LogP contribution in [0.5, 0.6) is 0 Å². The van der Waals surface area contributed by atoms with Crippen LogP contribution in [0.1, 0.15) is 5.69 Å². The molecule has 1 N–H and O–H groups in total. The molecular weight excluding hydrogens is 429 g/mol. The molecule has 3 aromatic heterocycles. The molecule has 0 radical (unpaired) electrons. The molecule has 0 aliphatic rings. The van der Waals surface area contributed by atoms with Crippen LogP contribution in [-0.2, 0) is 13.1 Å². The predicted octanol–water partition coefficient (Wildman–Crippen LogP) is 5.44. The molecule has 0 aliphatic carbocycles. The molecule has 0 fully saturated rings. The van der Waals surface area contributed by atoms with Crippen LogP contribution in [0.3, 0.4) is 0 Å². The maximum Gasteiger partial charge on any atom is 0.455 e. The van der Waals surface area contributed by atoms with E-state index in [0.29, 0.717) is 17.6 Å². The van der Waals surface area contributed by atoms with Gasteiger partial charge in [-0.1, -0.05) is 17.7 Å². The van der Waals surface area contributed by atoms with Gasteiger partial charge in [0.1, 0.15) is 17.4 Å². The molecule has 156 valence electrons. The summed E-state index contributed by atoms with van der Waals surface area (Å²) in [6, 6.07) is 10.1. The fraction of sp³-hybridized carbons (Fsp3) is 0.211. The fourth-order valence-electron chi connectivity index (χ4n) is 3.13. The minimum Gasteiger partial charge on any atom is -0.379 e. The molecule has 4 rings (SSSR count). The fourth-order valence-corrected chi connectivity index (χ4v) is 3.37. The van der Waals surface area contributed by atoms with Crippen molar-refractivity contribution in [1.29, 1.82) is 0 Å². The summed E-state index contributed by atoms with van der Waals surface area (Å²) in [7, 11) is 0. The van der Waals surface area contributed by atoms with Crippen molar-refractivity contribution in [3.05, 3.63) is 59.8 Å². The van der Waals surface area contributed by atoms with Gasteiger partial charge in [0.2, 0.25) is 0 Å². The highest BCUT2D eigenvalue weighted by Gasteiger charge is 2.57. The van der Waals surface area contributed by atoms with Crippen LogP contribution < -0.4 is 5.32 Å². The minimum atomic E-state index is -5.71. The maximum absolute atomic E-state index is 13.8. The molecule has 0 aliphatic heterocycles. The van der Waals surface area contributed by atoms with E-state index in [2.05, 4.69) is 20.3 Å². The van der Waals surface area contributed by atoms with Crippen molar-refractivity contribution < 1.29 is 22.0 Å². The summed E-state index contributed by atoms with van der Waals surface area (Å²) in [6.45, 7) is -1.24. The third-order valence-electron chi connectivity index (χ3n) is 4.56. The van der Waals surface area contributed by atoms with E-state index in [9.17, 15) is 22.0 Å². The van der Waals surface area contributed by atoms with Gasteiger partial charge in [-0.2, -0.15) is 22.0 Å². The van der Waals surface area contributed by atoms with Crippen LogP contribution in [-0.4, -0.2) is 31.6 Å². The van der Waals surface area contributed by atoms with Gasteiger partial charge in [-0.15, -0.1) is 0 Å². The van der Waals surface area contributed by atoms with E-state index in [1.807, 2.05) is 12.1 Å². The molecule has 0 spiro atoms. The number of nitrogens with one attached hydrogen (secondary N) is 1. The number of hydrogen-bond acceptors (Lipinski definition) is 4. The molecule has 0 saturated heterocycles. The van der Waals surface area contributed by atoms with Crippen LogP contribution in [0, 0.1) is 0 Å². The highest BCUT2D eigenvalue weighted by atomic mass is 35.5.